The monoisotopic (exact) mass is 468 g/mol. The molecule has 0 radical (unpaired) electrons. The molecule has 1 saturated heterocycles. The highest BCUT2D eigenvalue weighted by molar-refractivity contribution is 6.02. The number of aliphatic hydroxyl groups excluding tert-OH is 5. The van der Waals surface area contributed by atoms with Crippen molar-refractivity contribution in [2.45, 2.75) is 43.2 Å². The first-order chi connectivity index (χ1) is 15.5. The summed E-state index contributed by atoms with van der Waals surface area (Å²) in [7, 11) is 0. The van der Waals surface area contributed by atoms with Crippen molar-refractivity contribution >= 4 is 5.78 Å². The van der Waals surface area contributed by atoms with Gasteiger partial charge in [-0.25, -0.2) is 0 Å². The van der Waals surface area contributed by atoms with Gasteiger partial charge in [0, 0.05) is 6.42 Å². The van der Waals surface area contributed by atoms with Crippen molar-refractivity contribution in [2.24, 2.45) is 0 Å². The third-order valence-corrected chi connectivity index (χ3v) is 5.23. The van der Waals surface area contributed by atoms with Crippen molar-refractivity contribution in [3.05, 3.63) is 41.5 Å². The van der Waals surface area contributed by atoms with Gasteiger partial charge in [0.05, 0.1) is 12.2 Å². The van der Waals surface area contributed by atoms with Crippen LogP contribution in [0.1, 0.15) is 15.9 Å². The number of hydrogen-bond acceptors (Lipinski definition) is 12. The molecule has 0 saturated carbocycles. The van der Waals surface area contributed by atoms with Gasteiger partial charge >= 0.3 is 0 Å². The molecule has 0 aliphatic carbocycles. The summed E-state index contributed by atoms with van der Waals surface area (Å²) in [5.74, 6) is -4.08. The van der Waals surface area contributed by atoms with Crippen LogP contribution in [-0.2, 0) is 11.2 Å². The molecule has 0 unspecified atom stereocenters. The first-order valence-corrected chi connectivity index (χ1v) is 9.80. The van der Waals surface area contributed by atoms with Gasteiger partial charge in [-0.1, -0.05) is 6.07 Å². The molecule has 3 rings (SSSR count). The molecule has 1 fully saturated rings. The van der Waals surface area contributed by atoms with Crippen molar-refractivity contribution in [2.75, 3.05) is 6.61 Å². The van der Waals surface area contributed by atoms with E-state index in [1.807, 2.05) is 0 Å². The molecule has 0 spiro atoms. The van der Waals surface area contributed by atoms with Gasteiger partial charge in [0.2, 0.25) is 12.0 Å². The van der Waals surface area contributed by atoms with E-state index < -0.39 is 77.8 Å². The van der Waals surface area contributed by atoms with Crippen LogP contribution in [0.15, 0.2) is 30.3 Å². The molecule has 1 aliphatic rings. The highest BCUT2D eigenvalue weighted by atomic mass is 16.7. The first-order valence-electron chi connectivity index (χ1n) is 9.80. The molecule has 180 valence electrons. The number of carbonyl (C=O) groups is 1. The molecule has 1 heterocycles. The summed E-state index contributed by atoms with van der Waals surface area (Å²) in [5, 5.41) is 88.8. The van der Waals surface area contributed by atoms with E-state index >= 15 is 0 Å². The Kier molecular flexibility index (Phi) is 7.27. The quantitative estimate of drug-likeness (QED) is 0.167. The number of ketones is 1. The van der Waals surface area contributed by atoms with Crippen molar-refractivity contribution in [1.29, 1.82) is 0 Å². The number of benzene rings is 2. The summed E-state index contributed by atoms with van der Waals surface area (Å²) in [5.41, 5.74) is -0.148. The van der Waals surface area contributed by atoms with Crippen LogP contribution in [0.2, 0.25) is 0 Å². The molecule has 2 aromatic rings. The second-order valence-electron chi connectivity index (χ2n) is 7.53. The zero-order chi connectivity index (χ0) is 24.4. The fraction of sp³-hybridized carbons (Fsp3) is 0.381. The van der Waals surface area contributed by atoms with E-state index in [1.54, 1.807) is 0 Å². The van der Waals surface area contributed by atoms with Crippen LogP contribution in [0, 0.1) is 0 Å². The lowest BCUT2D eigenvalue weighted by atomic mass is 9.98. The second kappa shape index (κ2) is 9.79. The Bertz CT molecular complexity index is 1010. The van der Waals surface area contributed by atoms with Crippen molar-refractivity contribution in [1.82, 2.24) is 0 Å². The highest BCUT2D eigenvalue weighted by Crippen LogP contribution is 2.41. The largest absolute Gasteiger partial charge is 0.504 e. The lowest BCUT2D eigenvalue weighted by Crippen LogP contribution is -2.60. The zero-order valence-electron chi connectivity index (χ0n) is 17.0. The van der Waals surface area contributed by atoms with Crippen molar-refractivity contribution in [3.8, 4) is 28.7 Å². The van der Waals surface area contributed by atoms with E-state index in [-0.39, 0.29) is 12.2 Å². The molecule has 12 heteroatoms. The Morgan fingerprint density at radius 1 is 0.939 bits per heavy atom. The number of phenols is 4. The third-order valence-electron chi connectivity index (χ3n) is 5.23. The van der Waals surface area contributed by atoms with Crippen LogP contribution in [0.3, 0.4) is 0 Å². The summed E-state index contributed by atoms with van der Waals surface area (Å²) >= 11 is 0. The molecule has 12 nitrogen and oxygen atoms in total. The molecular formula is C21H24O12. The number of rotatable bonds is 7. The van der Waals surface area contributed by atoms with E-state index in [2.05, 4.69) is 0 Å². The number of aromatic hydroxyl groups is 4. The summed E-state index contributed by atoms with van der Waals surface area (Å²) in [6, 6.07) is 5.69. The Morgan fingerprint density at radius 2 is 1.61 bits per heavy atom. The van der Waals surface area contributed by atoms with E-state index in [0.29, 0.717) is 5.56 Å². The van der Waals surface area contributed by atoms with Crippen LogP contribution in [0.5, 0.6) is 28.7 Å². The molecule has 2 aromatic carbocycles. The molecule has 0 amide bonds. The molecule has 6 atom stereocenters. The van der Waals surface area contributed by atoms with Crippen LogP contribution in [0.4, 0.5) is 0 Å². The predicted molar refractivity (Wildman–Crippen MR) is 108 cm³/mol. The van der Waals surface area contributed by atoms with E-state index in [1.165, 1.54) is 12.1 Å². The molecule has 0 aromatic heterocycles. The normalized spacial score (nSPS) is 26.0. The number of aliphatic hydroxyl groups is 5. The van der Waals surface area contributed by atoms with Crippen LogP contribution < -0.4 is 4.74 Å². The maximum absolute atomic E-state index is 12.7. The lowest BCUT2D eigenvalue weighted by molar-refractivity contribution is -0.277. The minimum absolute atomic E-state index is 0.282. The SMILES string of the molecule is O=C(c1ccc(O)c(O[C@H]2O[C@@H](CO)[C@@H](O)[C@@H](O)[C@H]2O)c1O)[C@@H](O)Cc1ccc(O)c(O)c1. The number of ether oxygens (including phenoxy) is 2. The maximum Gasteiger partial charge on any atom is 0.229 e. The van der Waals surface area contributed by atoms with Crippen LogP contribution in [0.25, 0.3) is 0 Å². The van der Waals surface area contributed by atoms with Crippen molar-refractivity contribution < 1.29 is 60.2 Å². The van der Waals surface area contributed by atoms with Gasteiger partial charge in [-0.3, -0.25) is 4.79 Å². The lowest BCUT2D eigenvalue weighted by Gasteiger charge is -2.39. The Labute approximate surface area is 186 Å². The molecule has 9 N–H and O–H groups in total. The van der Waals surface area contributed by atoms with Gasteiger partial charge in [-0.05, 0) is 29.8 Å². The third kappa shape index (κ3) is 4.95. The Morgan fingerprint density at radius 3 is 2.24 bits per heavy atom. The predicted octanol–water partition coefficient (Wildman–Crippen LogP) is -1.53. The number of hydrogen-bond donors (Lipinski definition) is 9. The van der Waals surface area contributed by atoms with Gasteiger partial charge in [0.1, 0.15) is 30.5 Å². The van der Waals surface area contributed by atoms with Gasteiger partial charge in [0.25, 0.3) is 0 Å². The van der Waals surface area contributed by atoms with Gasteiger partial charge in [-0.2, -0.15) is 0 Å². The average molecular weight is 468 g/mol. The Hall–Kier alpha value is -3.13. The van der Waals surface area contributed by atoms with Gasteiger partial charge in [-0.15, -0.1) is 0 Å². The Balaban J connectivity index is 1.82. The zero-order valence-corrected chi connectivity index (χ0v) is 17.0. The maximum atomic E-state index is 12.7. The number of Topliss-reactive ketones (excluding diaryl/α,β-unsaturated/α-hetero) is 1. The highest BCUT2D eigenvalue weighted by Gasteiger charge is 2.45. The molecule has 33 heavy (non-hydrogen) atoms. The average Bonchev–Trinajstić information content (AvgIpc) is 2.78. The minimum Gasteiger partial charge on any atom is -0.504 e. The standard InChI is InChI=1S/C21H24O12/c22-7-14-17(29)18(30)19(31)21(32-14)33-20-11(24)4-2-9(16(20)28)15(27)13(26)6-8-1-3-10(23)12(25)5-8/h1-5,13-14,17-19,21-26,28-31H,6-7H2/t13-,14-,17+,18+,19+,21+/m0/s1. The number of phenolic OH excluding ortho intramolecular Hbond substituents is 4. The second-order valence-corrected chi connectivity index (χ2v) is 7.53. The minimum atomic E-state index is -1.84. The summed E-state index contributed by atoms with van der Waals surface area (Å²) in [6.07, 6.45) is -10.3. The van der Waals surface area contributed by atoms with Crippen LogP contribution in [-0.4, -0.2) is 95.2 Å². The molecule has 1 aliphatic heterocycles. The molecule has 0 bridgehead atoms. The molecular weight excluding hydrogens is 444 g/mol. The number of carbonyl (C=O) groups excluding carboxylic acids is 1. The smallest absolute Gasteiger partial charge is 0.229 e. The van der Waals surface area contributed by atoms with Crippen molar-refractivity contribution in [3.63, 3.8) is 0 Å². The van der Waals surface area contributed by atoms with Gasteiger partial charge < -0.3 is 55.4 Å². The summed E-state index contributed by atoms with van der Waals surface area (Å²) < 4.78 is 10.4. The first kappa shape index (κ1) is 24.5. The van der Waals surface area contributed by atoms with E-state index in [9.17, 15) is 50.8 Å². The van der Waals surface area contributed by atoms with Crippen LogP contribution >= 0.6 is 0 Å². The topological polar surface area (TPSA) is 218 Å². The fourth-order valence-electron chi connectivity index (χ4n) is 3.35. The fourth-order valence-corrected chi connectivity index (χ4v) is 3.35. The van der Waals surface area contributed by atoms with E-state index in [0.717, 1.165) is 18.2 Å². The van der Waals surface area contributed by atoms with Gasteiger partial charge in [0.15, 0.2) is 28.8 Å². The summed E-state index contributed by atoms with van der Waals surface area (Å²) in [4.78, 5) is 12.7. The van der Waals surface area contributed by atoms with E-state index in [4.69, 9.17) is 9.47 Å². The summed E-state index contributed by atoms with van der Waals surface area (Å²) in [6.45, 7) is -0.736.